The number of rotatable bonds is 2. The standard InChI is InChI=1S/C12H15NO3/c1-12(2,3)13(16)8-9-6-4-5-7-10(9)11(14)15/h4-8H,1-3H3,(H,14,15)/b13-8+. The molecule has 0 aliphatic carbocycles. The van der Waals surface area contributed by atoms with Crippen molar-refractivity contribution in [1.29, 1.82) is 0 Å². The molecule has 0 saturated carbocycles. The van der Waals surface area contributed by atoms with Gasteiger partial charge in [-0.05, 0) is 12.1 Å². The summed E-state index contributed by atoms with van der Waals surface area (Å²) in [6.45, 7) is 5.29. The molecule has 0 bridgehead atoms. The van der Waals surface area contributed by atoms with Crippen LogP contribution < -0.4 is 0 Å². The molecule has 4 nitrogen and oxygen atoms in total. The van der Waals surface area contributed by atoms with Crippen molar-refractivity contribution in [2.24, 2.45) is 0 Å². The lowest BCUT2D eigenvalue weighted by atomic mass is 10.1. The predicted molar refractivity (Wildman–Crippen MR) is 61.9 cm³/mol. The molecule has 0 fully saturated rings. The summed E-state index contributed by atoms with van der Waals surface area (Å²) in [7, 11) is 0. The zero-order valence-corrected chi connectivity index (χ0v) is 9.60. The zero-order chi connectivity index (χ0) is 12.3. The molecule has 0 atom stereocenters. The van der Waals surface area contributed by atoms with Crippen LogP contribution in [0.1, 0.15) is 36.7 Å². The second-order valence-corrected chi connectivity index (χ2v) is 4.52. The normalized spacial score (nSPS) is 12.6. The summed E-state index contributed by atoms with van der Waals surface area (Å²) in [6, 6.07) is 6.42. The quantitative estimate of drug-likeness (QED) is 0.360. The van der Waals surface area contributed by atoms with E-state index in [0.717, 1.165) is 4.74 Å². The maximum atomic E-state index is 11.7. The molecule has 0 heterocycles. The Kier molecular flexibility index (Phi) is 3.32. The van der Waals surface area contributed by atoms with Gasteiger partial charge in [0.1, 0.15) is 0 Å². The number of nitrogens with zero attached hydrogens (tertiary/aromatic N) is 1. The van der Waals surface area contributed by atoms with Gasteiger partial charge < -0.3 is 10.3 Å². The molecule has 0 amide bonds. The molecule has 86 valence electrons. The SMILES string of the molecule is CC(C)(C)/[N+]([O-])=C\c1ccccc1C(=O)O. The van der Waals surface area contributed by atoms with E-state index in [1.807, 2.05) is 0 Å². The first-order chi connectivity index (χ1) is 7.32. The molecule has 0 aliphatic heterocycles. The second-order valence-electron chi connectivity index (χ2n) is 4.52. The highest BCUT2D eigenvalue weighted by molar-refractivity contribution is 5.97. The predicted octanol–water partition coefficient (Wildman–Crippen LogP) is 2.11. The van der Waals surface area contributed by atoms with E-state index in [0.29, 0.717) is 5.56 Å². The van der Waals surface area contributed by atoms with Gasteiger partial charge in [-0.3, -0.25) is 0 Å². The second kappa shape index (κ2) is 4.35. The van der Waals surface area contributed by atoms with Crippen LogP contribution in [0, 0.1) is 5.21 Å². The number of carbonyl (C=O) groups is 1. The van der Waals surface area contributed by atoms with Gasteiger partial charge in [0, 0.05) is 20.8 Å². The fourth-order valence-electron chi connectivity index (χ4n) is 1.12. The van der Waals surface area contributed by atoms with E-state index in [1.165, 1.54) is 12.3 Å². The molecular formula is C12H15NO3. The lowest BCUT2D eigenvalue weighted by Crippen LogP contribution is -2.29. The smallest absolute Gasteiger partial charge is 0.336 e. The van der Waals surface area contributed by atoms with E-state index in [9.17, 15) is 10.0 Å². The molecule has 4 heteroatoms. The minimum Gasteiger partial charge on any atom is -0.623 e. The zero-order valence-electron chi connectivity index (χ0n) is 9.60. The molecule has 0 unspecified atom stereocenters. The van der Waals surface area contributed by atoms with Crippen LogP contribution in [-0.4, -0.2) is 27.6 Å². The van der Waals surface area contributed by atoms with Gasteiger partial charge in [0.25, 0.3) is 0 Å². The summed E-state index contributed by atoms with van der Waals surface area (Å²) in [6.07, 6.45) is 1.31. The number of aromatic carboxylic acids is 1. The van der Waals surface area contributed by atoms with Crippen LogP contribution in [0.15, 0.2) is 24.3 Å². The lowest BCUT2D eigenvalue weighted by molar-refractivity contribution is -0.530. The van der Waals surface area contributed by atoms with Gasteiger partial charge in [0.05, 0.1) is 11.1 Å². The Bertz CT molecular complexity index is 430. The summed E-state index contributed by atoms with van der Waals surface area (Å²) < 4.78 is 0.759. The Morgan fingerprint density at radius 3 is 2.44 bits per heavy atom. The van der Waals surface area contributed by atoms with Crippen LogP contribution in [0.25, 0.3) is 0 Å². The third kappa shape index (κ3) is 2.82. The molecule has 16 heavy (non-hydrogen) atoms. The van der Waals surface area contributed by atoms with Crippen LogP contribution >= 0.6 is 0 Å². The Morgan fingerprint density at radius 1 is 1.38 bits per heavy atom. The molecular weight excluding hydrogens is 206 g/mol. The highest BCUT2D eigenvalue weighted by Gasteiger charge is 2.19. The average Bonchev–Trinajstić information content (AvgIpc) is 2.16. The largest absolute Gasteiger partial charge is 0.623 e. The molecule has 1 aromatic rings. The first kappa shape index (κ1) is 12.2. The highest BCUT2D eigenvalue weighted by Crippen LogP contribution is 2.09. The maximum absolute atomic E-state index is 11.7. The summed E-state index contributed by atoms with van der Waals surface area (Å²) in [5.41, 5.74) is -0.0291. The van der Waals surface area contributed by atoms with Crippen molar-refractivity contribution in [3.05, 3.63) is 40.6 Å². The number of carboxylic acid groups (broad SMARTS) is 1. The Morgan fingerprint density at radius 2 is 1.94 bits per heavy atom. The van der Waals surface area contributed by atoms with Gasteiger partial charge in [-0.1, -0.05) is 12.1 Å². The van der Waals surface area contributed by atoms with E-state index in [2.05, 4.69) is 0 Å². The van der Waals surface area contributed by atoms with Gasteiger partial charge in [-0.15, -0.1) is 0 Å². The molecule has 0 radical (unpaired) electrons. The summed E-state index contributed by atoms with van der Waals surface area (Å²) >= 11 is 0. The number of hydrogen-bond acceptors (Lipinski definition) is 2. The fraction of sp³-hybridized carbons (Fsp3) is 0.333. The highest BCUT2D eigenvalue weighted by atomic mass is 16.5. The number of benzene rings is 1. The third-order valence-electron chi connectivity index (χ3n) is 2.11. The topological polar surface area (TPSA) is 63.4 Å². The van der Waals surface area contributed by atoms with E-state index in [-0.39, 0.29) is 5.56 Å². The fourth-order valence-corrected chi connectivity index (χ4v) is 1.12. The van der Waals surface area contributed by atoms with Gasteiger partial charge >= 0.3 is 5.97 Å². The average molecular weight is 221 g/mol. The van der Waals surface area contributed by atoms with E-state index < -0.39 is 11.5 Å². The third-order valence-corrected chi connectivity index (χ3v) is 2.11. The van der Waals surface area contributed by atoms with E-state index >= 15 is 0 Å². The van der Waals surface area contributed by atoms with Crippen LogP contribution in [0.4, 0.5) is 0 Å². The number of hydroxylamine groups is 1. The Labute approximate surface area is 94.4 Å². The first-order valence-electron chi connectivity index (χ1n) is 4.96. The minimum absolute atomic E-state index is 0.132. The van der Waals surface area contributed by atoms with Gasteiger partial charge in [-0.2, -0.15) is 0 Å². The van der Waals surface area contributed by atoms with E-state index in [1.54, 1.807) is 39.0 Å². The van der Waals surface area contributed by atoms with Crippen molar-refractivity contribution >= 4 is 12.2 Å². The summed E-state index contributed by atoms with van der Waals surface area (Å²) in [4.78, 5) is 10.9. The van der Waals surface area contributed by atoms with Crippen LogP contribution in [0.5, 0.6) is 0 Å². The number of hydrogen-bond donors (Lipinski definition) is 1. The first-order valence-corrected chi connectivity index (χ1v) is 4.96. The van der Waals surface area contributed by atoms with Crippen LogP contribution in [0.3, 0.4) is 0 Å². The van der Waals surface area contributed by atoms with Crippen molar-refractivity contribution in [2.45, 2.75) is 26.3 Å². The Balaban J connectivity index is 3.20. The monoisotopic (exact) mass is 221 g/mol. The van der Waals surface area contributed by atoms with E-state index in [4.69, 9.17) is 5.11 Å². The molecule has 1 N–H and O–H groups in total. The van der Waals surface area contributed by atoms with Gasteiger partial charge in [0.2, 0.25) is 0 Å². The maximum Gasteiger partial charge on any atom is 0.336 e. The molecule has 0 saturated heterocycles. The summed E-state index contributed by atoms with van der Waals surface area (Å²) in [5.74, 6) is -1.03. The molecule has 0 aromatic heterocycles. The van der Waals surface area contributed by atoms with Crippen molar-refractivity contribution in [1.82, 2.24) is 0 Å². The van der Waals surface area contributed by atoms with Crippen molar-refractivity contribution in [2.75, 3.05) is 0 Å². The Hall–Kier alpha value is -1.84. The minimum atomic E-state index is -1.03. The molecule has 0 aliphatic rings. The van der Waals surface area contributed by atoms with Crippen LogP contribution in [0.2, 0.25) is 0 Å². The molecule has 1 aromatic carbocycles. The van der Waals surface area contributed by atoms with Gasteiger partial charge in [0.15, 0.2) is 11.8 Å². The lowest BCUT2D eigenvalue weighted by Gasteiger charge is -2.18. The van der Waals surface area contributed by atoms with Crippen molar-refractivity contribution in [3.8, 4) is 0 Å². The van der Waals surface area contributed by atoms with Gasteiger partial charge in [-0.25, -0.2) is 9.53 Å². The summed E-state index contributed by atoms with van der Waals surface area (Å²) in [5, 5.41) is 20.6. The van der Waals surface area contributed by atoms with Crippen molar-refractivity contribution < 1.29 is 14.6 Å². The molecule has 0 spiro atoms. The van der Waals surface area contributed by atoms with Crippen LogP contribution in [-0.2, 0) is 0 Å². The molecule has 1 rings (SSSR count). The van der Waals surface area contributed by atoms with Crippen molar-refractivity contribution in [3.63, 3.8) is 0 Å². The number of carboxylic acids is 1.